The number of carbonyl (C=O) groups is 1. The highest BCUT2D eigenvalue weighted by Crippen LogP contribution is 2.40. The average Bonchev–Trinajstić information content (AvgIpc) is 3.02. The first kappa shape index (κ1) is 24.3. The highest BCUT2D eigenvalue weighted by atomic mass is 32.2. The molecule has 0 spiro atoms. The topological polar surface area (TPSA) is 125 Å². The summed E-state index contributed by atoms with van der Waals surface area (Å²) >= 11 is 0. The van der Waals surface area contributed by atoms with E-state index in [2.05, 4.69) is 54.5 Å². The first-order chi connectivity index (χ1) is 15.8. The summed E-state index contributed by atoms with van der Waals surface area (Å²) in [6.45, 7) is 11.7. The van der Waals surface area contributed by atoms with Crippen LogP contribution in [0.25, 0.3) is 0 Å². The van der Waals surface area contributed by atoms with E-state index in [-0.39, 0.29) is 28.1 Å². The van der Waals surface area contributed by atoms with Gasteiger partial charge in [-0.2, -0.15) is 8.42 Å². The fourth-order valence-electron chi connectivity index (χ4n) is 4.76. The fourth-order valence-corrected chi connectivity index (χ4v) is 5.71. The number of nitrogens with one attached hydrogen (secondary N) is 2. The molecule has 0 aromatic carbocycles. The number of carbonyl (C=O) groups excluding carboxylic acids is 1. The number of aromatic hydroxyl groups is 1. The lowest BCUT2D eigenvalue weighted by molar-refractivity contribution is 0.0981. The van der Waals surface area contributed by atoms with Gasteiger partial charge < -0.3 is 15.3 Å². The average molecular weight is 488 g/mol. The van der Waals surface area contributed by atoms with Crippen LogP contribution in [0.4, 0.5) is 11.6 Å². The molecule has 10 heteroatoms. The molecule has 1 saturated heterocycles. The minimum atomic E-state index is -4.33. The number of amides is 1. The molecule has 184 valence electrons. The third-order valence-corrected chi connectivity index (χ3v) is 7.70. The summed E-state index contributed by atoms with van der Waals surface area (Å²) in [5.74, 6) is 0.0997. The number of sulfonamides is 1. The van der Waals surface area contributed by atoms with Crippen LogP contribution in [0.2, 0.25) is 0 Å². The van der Waals surface area contributed by atoms with Gasteiger partial charge in [-0.25, -0.2) is 14.7 Å². The summed E-state index contributed by atoms with van der Waals surface area (Å²) in [5, 5.41) is 12.7. The van der Waals surface area contributed by atoms with Crippen LogP contribution in [0.5, 0.6) is 5.75 Å². The van der Waals surface area contributed by atoms with Crippen molar-refractivity contribution in [2.24, 2.45) is 5.92 Å². The Balaban J connectivity index is 1.85. The zero-order valence-corrected chi connectivity index (χ0v) is 21.2. The van der Waals surface area contributed by atoms with E-state index in [1.165, 1.54) is 6.07 Å². The molecule has 0 saturated carbocycles. The lowest BCUT2D eigenvalue weighted by atomic mass is 9.91. The van der Waals surface area contributed by atoms with Gasteiger partial charge in [0.25, 0.3) is 15.9 Å². The Morgan fingerprint density at radius 2 is 1.91 bits per heavy atom. The van der Waals surface area contributed by atoms with Gasteiger partial charge in [-0.3, -0.25) is 4.79 Å². The Morgan fingerprint density at radius 3 is 2.62 bits per heavy atom. The Hall–Kier alpha value is -2.88. The Kier molecular flexibility index (Phi) is 6.00. The van der Waals surface area contributed by atoms with Gasteiger partial charge in [0.05, 0.1) is 5.56 Å². The Bertz CT molecular complexity index is 1220. The van der Waals surface area contributed by atoms with E-state index in [9.17, 15) is 18.3 Å². The van der Waals surface area contributed by atoms with E-state index in [0.717, 1.165) is 37.6 Å². The van der Waals surface area contributed by atoms with Gasteiger partial charge in [-0.05, 0) is 51.2 Å². The van der Waals surface area contributed by atoms with Gasteiger partial charge in [0, 0.05) is 41.9 Å². The van der Waals surface area contributed by atoms with Crippen LogP contribution in [0, 0.1) is 5.92 Å². The molecule has 0 aliphatic carbocycles. The second kappa shape index (κ2) is 8.41. The quantitative estimate of drug-likeness (QED) is 0.516. The second-order valence-electron chi connectivity index (χ2n) is 10.9. The van der Waals surface area contributed by atoms with E-state index < -0.39 is 21.0 Å². The summed E-state index contributed by atoms with van der Waals surface area (Å²) in [6.07, 6.45) is 2.74. The summed E-state index contributed by atoms with van der Waals surface area (Å²) in [4.78, 5) is 24.5. The molecular formula is C24H33N5O4S. The molecule has 4 bridgehead atoms. The van der Waals surface area contributed by atoms with Crippen molar-refractivity contribution < 1.29 is 18.3 Å². The second-order valence-corrected chi connectivity index (χ2v) is 12.5. The van der Waals surface area contributed by atoms with Gasteiger partial charge in [0.15, 0.2) is 5.03 Å². The van der Waals surface area contributed by atoms with E-state index in [1.54, 1.807) is 12.1 Å². The maximum atomic E-state index is 13.3. The van der Waals surface area contributed by atoms with E-state index in [1.807, 2.05) is 0 Å². The molecule has 2 aromatic rings. The molecule has 2 aliphatic heterocycles. The molecule has 1 atom stereocenters. The molecule has 1 fully saturated rings. The Labute approximate surface area is 201 Å². The summed E-state index contributed by atoms with van der Waals surface area (Å²) in [6, 6.07) is 5.81. The molecule has 1 amide bonds. The molecular weight excluding hydrogens is 454 g/mol. The van der Waals surface area contributed by atoms with Crippen molar-refractivity contribution in [1.82, 2.24) is 14.7 Å². The smallest absolute Gasteiger partial charge is 0.282 e. The van der Waals surface area contributed by atoms with Gasteiger partial charge in [0.2, 0.25) is 0 Å². The van der Waals surface area contributed by atoms with Gasteiger partial charge in [-0.15, -0.1) is 0 Å². The molecule has 1 unspecified atom stereocenters. The molecule has 4 heterocycles. The predicted molar refractivity (Wildman–Crippen MR) is 131 cm³/mol. The molecule has 9 nitrogen and oxygen atoms in total. The van der Waals surface area contributed by atoms with Gasteiger partial charge in [0.1, 0.15) is 17.4 Å². The van der Waals surface area contributed by atoms with E-state index in [0.29, 0.717) is 18.3 Å². The normalized spacial score (nSPS) is 22.1. The van der Waals surface area contributed by atoms with Crippen molar-refractivity contribution in [1.29, 1.82) is 0 Å². The lowest BCUT2D eigenvalue weighted by Gasteiger charge is -2.34. The summed E-state index contributed by atoms with van der Waals surface area (Å²) in [5.41, 5.74) is 0.525. The number of rotatable bonds is 0. The van der Waals surface area contributed by atoms with Crippen LogP contribution >= 0.6 is 0 Å². The van der Waals surface area contributed by atoms with Gasteiger partial charge in [-0.1, -0.05) is 20.8 Å². The maximum Gasteiger partial charge on any atom is 0.282 e. The minimum absolute atomic E-state index is 0.193. The number of fused-ring (bicyclic) bond motifs is 6. The molecule has 3 N–H and O–H groups in total. The van der Waals surface area contributed by atoms with Crippen LogP contribution in [0.3, 0.4) is 0 Å². The predicted octanol–water partition coefficient (Wildman–Crippen LogP) is 3.41. The highest BCUT2D eigenvalue weighted by molar-refractivity contribution is 7.90. The van der Waals surface area contributed by atoms with Crippen LogP contribution in [0.1, 0.15) is 69.9 Å². The van der Waals surface area contributed by atoms with Gasteiger partial charge >= 0.3 is 0 Å². The van der Waals surface area contributed by atoms with Crippen molar-refractivity contribution in [3.8, 4) is 5.75 Å². The van der Waals surface area contributed by atoms with Crippen molar-refractivity contribution in [2.45, 2.75) is 69.9 Å². The van der Waals surface area contributed by atoms with E-state index >= 15 is 0 Å². The lowest BCUT2D eigenvalue weighted by Crippen LogP contribution is -2.41. The highest BCUT2D eigenvalue weighted by Gasteiger charge is 2.41. The van der Waals surface area contributed by atoms with Crippen LogP contribution in [-0.2, 0) is 15.4 Å². The number of hydrogen-bond acceptors (Lipinski definition) is 8. The SMILES string of the molecule is CC(C)(C)c1ccc2c(n1)N1CC(CCCNc3cc(O)cc(n3)S(=O)(=O)NC2=O)CC1(C)C. The molecule has 2 aromatic heterocycles. The summed E-state index contributed by atoms with van der Waals surface area (Å²) < 4.78 is 28.2. The number of anilines is 2. The number of aromatic nitrogens is 2. The summed E-state index contributed by atoms with van der Waals surface area (Å²) in [7, 11) is -4.33. The molecule has 0 radical (unpaired) electrons. The van der Waals surface area contributed by atoms with Crippen molar-refractivity contribution >= 4 is 27.6 Å². The number of pyridine rings is 2. The molecule has 34 heavy (non-hydrogen) atoms. The standard InChI is InChI=1S/C24H33N5O4S/c1-23(2,3)18-9-8-17-21(26-18)29-14-15(13-24(29,4)5)7-6-10-25-19-11-16(30)12-20(27-19)34(32,33)28-22(17)31/h8-9,11-12,15H,6-7,10,13-14H2,1-5H3,(H,28,31)(H2,25,27,30). The van der Waals surface area contributed by atoms with Crippen LogP contribution in [-0.4, -0.2) is 48.0 Å². The minimum Gasteiger partial charge on any atom is -0.508 e. The monoisotopic (exact) mass is 487 g/mol. The largest absolute Gasteiger partial charge is 0.508 e. The van der Waals surface area contributed by atoms with Crippen molar-refractivity contribution in [2.75, 3.05) is 23.3 Å². The third kappa shape index (κ3) is 4.82. The number of hydrogen-bond donors (Lipinski definition) is 3. The van der Waals surface area contributed by atoms with Crippen LogP contribution in [0.15, 0.2) is 29.3 Å². The zero-order valence-electron chi connectivity index (χ0n) is 20.3. The fraction of sp³-hybridized carbons (Fsp3) is 0.542. The first-order valence-corrected chi connectivity index (χ1v) is 13.1. The first-order valence-electron chi connectivity index (χ1n) is 11.6. The maximum absolute atomic E-state index is 13.3. The van der Waals surface area contributed by atoms with Crippen molar-refractivity contribution in [3.63, 3.8) is 0 Å². The van der Waals surface area contributed by atoms with Crippen LogP contribution < -0.4 is 14.9 Å². The number of nitrogens with zero attached hydrogens (tertiary/aromatic N) is 3. The third-order valence-electron chi connectivity index (χ3n) is 6.49. The molecule has 2 aliphatic rings. The van der Waals surface area contributed by atoms with E-state index in [4.69, 9.17) is 4.98 Å². The molecule has 4 rings (SSSR count). The Morgan fingerprint density at radius 1 is 1.18 bits per heavy atom. The van der Waals surface area contributed by atoms with Crippen molar-refractivity contribution in [3.05, 3.63) is 35.5 Å². The zero-order chi connectivity index (χ0) is 24.9.